The zero-order valence-corrected chi connectivity index (χ0v) is 13.8. The number of amides is 1. The maximum absolute atomic E-state index is 14.3. The van der Waals surface area contributed by atoms with Gasteiger partial charge >= 0.3 is 0 Å². The summed E-state index contributed by atoms with van der Waals surface area (Å²) < 4.78 is 27.4. The van der Waals surface area contributed by atoms with Crippen molar-refractivity contribution in [1.82, 2.24) is 10.3 Å². The number of aliphatic hydroxyl groups excluding tert-OH is 1. The Balaban J connectivity index is 2.23. The maximum atomic E-state index is 14.3. The summed E-state index contributed by atoms with van der Waals surface area (Å²) in [6.07, 6.45) is 1.57. The van der Waals surface area contributed by atoms with Crippen LogP contribution in [0.4, 0.5) is 8.78 Å². The third-order valence-corrected chi connectivity index (χ3v) is 3.78. The van der Waals surface area contributed by atoms with E-state index in [9.17, 15) is 18.7 Å². The Kier molecular flexibility index (Phi) is 6.48. The molecule has 2 atom stereocenters. The SMILES string of the molecule is O=C(NC(CF)C(O)c1ccc(-c2cccnc2)cc1F)C(Cl)Cl. The van der Waals surface area contributed by atoms with Crippen LogP contribution in [0.15, 0.2) is 42.7 Å². The summed E-state index contributed by atoms with van der Waals surface area (Å²) in [6.45, 7) is -1.11. The first-order valence-corrected chi connectivity index (χ1v) is 7.83. The molecule has 0 radical (unpaired) electrons. The molecule has 24 heavy (non-hydrogen) atoms. The van der Waals surface area contributed by atoms with Gasteiger partial charge in [0, 0.05) is 23.5 Å². The van der Waals surface area contributed by atoms with Crippen molar-refractivity contribution in [2.45, 2.75) is 17.0 Å². The fourth-order valence-corrected chi connectivity index (χ4v) is 2.27. The maximum Gasteiger partial charge on any atom is 0.253 e. The standard InChI is InChI=1S/C16H14Cl2F2N2O2/c17-15(18)16(24)22-13(7-19)14(23)11-4-3-9(6-12(11)20)10-2-1-5-21-8-10/h1-6,8,13-15,23H,7H2,(H,22,24). The van der Waals surface area contributed by atoms with Gasteiger partial charge in [0.25, 0.3) is 5.91 Å². The number of pyridine rings is 1. The Morgan fingerprint density at radius 1 is 1.29 bits per heavy atom. The molecule has 0 bridgehead atoms. The lowest BCUT2D eigenvalue weighted by Crippen LogP contribution is -2.43. The highest BCUT2D eigenvalue weighted by atomic mass is 35.5. The van der Waals surface area contributed by atoms with Crippen LogP contribution in [0.5, 0.6) is 0 Å². The summed E-state index contributed by atoms with van der Waals surface area (Å²) in [5.74, 6) is -1.60. The van der Waals surface area contributed by atoms with Gasteiger partial charge in [0.2, 0.25) is 0 Å². The smallest absolute Gasteiger partial charge is 0.253 e. The van der Waals surface area contributed by atoms with E-state index in [0.717, 1.165) is 0 Å². The lowest BCUT2D eigenvalue weighted by Gasteiger charge is -2.22. The number of carbonyl (C=O) groups excluding carboxylic acids is 1. The summed E-state index contributed by atoms with van der Waals surface area (Å²) in [7, 11) is 0. The minimum Gasteiger partial charge on any atom is -0.386 e. The summed E-state index contributed by atoms with van der Waals surface area (Å²) in [6, 6.07) is 6.20. The Bertz CT molecular complexity index is 702. The van der Waals surface area contributed by atoms with Crippen LogP contribution in [-0.4, -0.2) is 33.6 Å². The molecule has 2 aromatic rings. The number of nitrogens with zero attached hydrogens (tertiary/aromatic N) is 1. The lowest BCUT2D eigenvalue weighted by atomic mass is 9.98. The first-order valence-electron chi connectivity index (χ1n) is 6.96. The van der Waals surface area contributed by atoms with Gasteiger partial charge < -0.3 is 10.4 Å². The van der Waals surface area contributed by atoms with Gasteiger partial charge in [-0.1, -0.05) is 41.4 Å². The molecule has 2 rings (SSSR count). The number of aliphatic hydroxyl groups is 1. The second kappa shape index (κ2) is 8.37. The molecular formula is C16H14Cl2F2N2O2. The van der Waals surface area contributed by atoms with Crippen molar-refractivity contribution in [3.63, 3.8) is 0 Å². The number of hydrogen-bond acceptors (Lipinski definition) is 3. The molecule has 0 spiro atoms. The normalized spacial score (nSPS) is 13.6. The van der Waals surface area contributed by atoms with Gasteiger partial charge in [-0.25, -0.2) is 8.78 Å². The van der Waals surface area contributed by atoms with Crippen molar-refractivity contribution in [3.05, 3.63) is 54.1 Å². The molecule has 0 saturated carbocycles. The highest BCUT2D eigenvalue weighted by Gasteiger charge is 2.27. The molecule has 8 heteroatoms. The summed E-state index contributed by atoms with van der Waals surface area (Å²) in [5.41, 5.74) is 1.10. The van der Waals surface area contributed by atoms with Crippen LogP contribution in [0.1, 0.15) is 11.7 Å². The molecule has 0 saturated heterocycles. The molecule has 0 aliphatic heterocycles. The van der Waals surface area contributed by atoms with Crippen LogP contribution in [-0.2, 0) is 4.79 Å². The van der Waals surface area contributed by atoms with E-state index in [1.807, 2.05) is 0 Å². The second-order valence-electron chi connectivity index (χ2n) is 4.99. The van der Waals surface area contributed by atoms with Crippen LogP contribution < -0.4 is 5.32 Å². The molecular weight excluding hydrogens is 361 g/mol. The lowest BCUT2D eigenvalue weighted by molar-refractivity contribution is -0.121. The third-order valence-electron chi connectivity index (χ3n) is 3.39. The largest absolute Gasteiger partial charge is 0.386 e. The van der Waals surface area contributed by atoms with Gasteiger partial charge in [0.1, 0.15) is 18.6 Å². The average Bonchev–Trinajstić information content (AvgIpc) is 2.59. The van der Waals surface area contributed by atoms with Crippen molar-refractivity contribution < 1.29 is 18.7 Å². The van der Waals surface area contributed by atoms with Crippen LogP contribution in [0.2, 0.25) is 0 Å². The number of hydrogen-bond donors (Lipinski definition) is 2. The number of nitrogens with one attached hydrogen (secondary N) is 1. The molecule has 1 aromatic heterocycles. The number of halogens is 4. The van der Waals surface area contributed by atoms with E-state index in [1.165, 1.54) is 12.1 Å². The first kappa shape index (κ1) is 18.6. The Morgan fingerprint density at radius 2 is 2.04 bits per heavy atom. The third kappa shape index (κ3) is 4.41. The van der Waals surface area contributed by atoms with E-state index in [-0.39, 0.29) is 5.56 Å². The zero-order valence-electron chi connectivity index (χ0n) is 12.3. The fourth-order valence-electron chi connectivity index (χ4n) is 2.14. The van der Waals surface area contributed by atoms with Crippen molar-refractivity contribution in [1.29, 1.82) is 0 Å². The second-order valence-corrected chi connectivity index (χ2v) is 6.09. The number of rotatable bonds is 6. The van der Waals surface area contributed by atoms with Gasteiger partial charge in [-0.2, -0.15) is 0 Å². The zero-order chi connectivity index (χ0) is 17.7. The Labute approximate surface area is 147 Å². The number of alkyl halides is 3. The number of benzene rings is 1. The number of carbonyl (C=O) groups is 1. The molecule has 4 nitrogen and oxygen atoms in total. The van der Waals surface area contributed by atoms with Crippen molar-refractivity contribution in [3.8, 4) is 11.1 Å². The van der Waals surface area contributed by atoms with Crippen LogP contribution >= 0.6 is 23.2 Å². The Hall–Kier alpha value is -1.76. The molecule has 1 heterocycles. The van der Waals surface area contributed by atoms with Gasteiger partial charge in [0.05, 0.1) is 6.04 Å². The van der Waals surface area contributed by atoms with E-state index in [2.05, 4.69) is 10.3 Å². The van der Waals surface area contributed by atoms with Crippen molar-refractivity contribution in [2.24, 2.45) is 0 Å². The van der Waals surface area contributed by atoms with Crippen LogP contribution in [0.3, 0.4) is 0 Å². The molecule has 2 N–H and O–H groups in total. The van der Waals surface area contributed by atoms with Crippen LogP contribution in [0.25, 0.3) is 11.1 Å². The van der Waals surface area contributed by atoms with E-state index in [1.54, 1.807) is 30.6 Å². The summed E-state index contributed by atoms with van der Waals surface area (Å²) in [4.78, 5) is 14.0. The first-order chi connectivity index (χ1) is 11.4. The molecule has 1 aromatic carbocycles. The van der Waals surface area contributed by atoms with E-state index < -0.39 is 35.4 Å². The van der Waals surface area contributed by atoms with Gasteiger partial charge in [-0.3, -0.25) is 9.78 Å². The van der Waals surface area contributed by atoms with Gasteiger partial charge in [-0.15, -0.1) is 0 Å². The minimum absolute atomic E-state index is 0.147. The molecule has 128 valence electrons. The van der Waals surface area contributed by atoms with E-state index >= 15 is 0 Å². The summed E-state index contributed by atoms with van der Waals surface area (Å²) in [5, 5.41) is 12.3. The highest BCUT2D eigenvalue weighted by Crippen LogP contribution is 2.26. The molecule has 0 fully saturated rings. The predicted octanol–water partition coefficient (Wildman–Crippen LogP) is 3.18. The van der Waals surface area contributed by atoms with Gasteiger partial charge in [0.15, 0.2) is 4.84 Å². The Morgan fingerprint density at radius 3 is 2.58 bits per heavy atom. The molecule has 0 aliphatic carbocycles. The predicted molar refractivity (Wildman–Crippen MR) is 88.0 cm³/mol. The van der Waals surface area contributed by atoms with E-state index in [4.69, 9.17) is 23.2 Å². The quantitative estimate of drug-likeness (QED) is 0.763. The number of aromatic nitrogens is 1. The molecule has 0 aliphatic rings. The highest BCUT2D eigenvalue weighted by molar-refractivity contribution is 6.53. The minimum atomic E-state index is -1.59. The van der Waals surface area contributed by atoms with Crippen LogP contribution in [0, 0.1) is 5.82 Å². The van der Waals surface area contributed by atoms with Crippen molar-refractivity contribution >= 4 is 29.1 Å². The molecule has 2 unspecified atom stereocenters. The topological polar surface area (TPSA) is 62.2 Å². The molecule has 1 amide bonds. The van der Waals surface area contributed by atoms with Gasteiger partial charge in [-0.05, 0) is 17.7 Å². The fraction of sp³-hybridized carbons (Fsp3) is 0.250. The van der Waals surface area contributed by atoms with Crippen molar-refractivity contribution in [2.75, 3.05) is 6.67 Å². The average molecular weight is 375 g/mol. The summed E-state index contributed by atoms with van der Waals surface area (Å²) >= 11 is 10.7. The monoisotopic (exact) mass is 374 g/mol. The van der Waals surface area contributed by atoms with E-state index in [0.29, 0.717) is 11.1 Å².